The van der Waals surface area contributed by atoms with Crippen LogP contribution >= 0.6 is 15.9 Å². The number of benzene rings is 1. The first-order valence-corrected chi connectivity index (χ1v) is 6.91. The number of hydrogen-bond donors (Lipinski definition) is 2. The lowest BCUT2D eigenvalue weighted by molar-refractivity contribution is 0.195. The second-order valence-electron chi connectivity index (χ2n) is 4.60. The molecule has 0 radical (unpaired) electrons. The molecule has 0 saturated carbocycles. The van der Waals surface area contributed by atoms with E-state index in [-0.39, 0.29) is 0 Å². The van der Waals surface area contributed by atoms with Gasteiger partial charge in [0.2, 0.25) is 0 Å². The molecule has 1 heterocycles. The number of halogens is 1. The summed E-state index contributed by atoms with van der Waals surface area (Å²) >= 11 is 3.49. The SMILES string of the molecule is CN1CCNCC1CNCc1cccc(Br)c1. The van der Waals surface area contributed by atoms with E-state index in [9.17, 15) is 0 Å². The highest BCUT2D eigenvalue weighted by molar-refractivity contribution is 9.10. The predicted molar refractivity (Wildman–Crippen MR) is 75.1 cm³/mol. The maximum absolute atomic E-state index is 3.53. The Labute approximate surface area is 112 Å². The van der Waals surface area contributed by atoms with Gasteiger partial charge in [0.05, 0.1) is 0 Å². The van der Waals surface area contributed by atoms with Crippen LogP contribution in [0.15, 0.2) is 28.7 Å². The van der Waals surface area contributed by atoms with E-state index in [2.05, 4.69) is 62.8 Å². The second-order valence-corrected chi connectivity index (χ2v) is 5.52. The smallest absolute Gasteiger partial charge is 0.0342 e. The van der Waals surface area contributed by atoms with Crippen molar-refractivity contribution in [1.82, 2.24) is 15.5 Å². The molecule has 1 aromatic rings. The Morgan fingerprint density at radius 2 is 2.41 bits per heavy atom. The molecule has 2 rings (SSSR count). The highest BCUT2D eigenvalue weighted by Crippen LogP contribution is 2.11. The summed E-state index contributed by atoms with van der Waals surface area (Å²) in [5.74, 6) is 0. The van der Waals surface area contributed by atoms with Crippen molar-refractivity contribution in [2.24, 2.45) is 0 Å². The number of nitrogens with one attached hydrogen (secondary N) is 2. The third-order valence-electron chi connectivity index (χ3n) is 3.24. The summed E-state index contributed by atoms with van der Waals surface area (Å²) in [5.41, 5.74) is 1.32. The fourth-order valence-corrected chi connectivity index (χ4v) is 2.57. The van der Waals surface area contributed by atoms with Crippen molar-refractivity contribution in [3.8, 4) is 0 Å². The zero-order valence-corrected chi connectivity index (χ0v) is 11.8. The minimum Gasteiger partial charge on any atom is -0.314 e. The van der Waals surface area contributed by atoms with Crippen LogP contribution in [0.3, 0.4) is 0 Å². The molecule has 0 amide bonds. The zero-order valence-electron chi connectivity index (χ0n) is 10.2. The Morgan fingerprint density at radius 1 is 1.53 bits per heavy atom. The quantitative estimate of drug-likeness (QED) is 0.881. The molecule has 3 nitrogen and oxygen atoms in total. The normalized spacial score (nSPS) is 21.6. The van der Waals surface area contributed by atoms with Gasteiger partial charge in [-0.05, 0) is 24.7 Å². The molecule has 2 N–H and O–H groups in total. The number of hydrogen-bond acceptors (Lipinski definition) is 3. The van der Waals surface area contributed by atoms with E-state index in [4.69, 9.17) is 0 Å². The minimum atomic E-state index is 0.607. The molecule has 4 heteroatoms. The Bertz CT molecular complexity index is 356. The van der Waals surface area contributed by atoms with Crippen molar-refractivity contribution < 1.29 is 0 Å². The van der Waals surface area contributed by atoms with Crippen LogP contribution in [0.1, 0.15) is 5.56 Å². The Morgan fingerprint density at radius 3 is 3.18 bits per heavy atom. The average Bonchev–Trinajstić information content (AvgIpc) is 2.32. The third-order valence-corrected chi connectivity index (χ3v) is 3.74. The van der Waals surface area contributed by atoms with E-state index < -0.39 is 0 Å². The number of nitrogens with zero attached hydrogens (tertiary/aromatic N) is 1. The van der Waals surface area contributed by atoms with E-state index in [0.29, 0.717) is 6.04 Å². The molecule has 94 valence electrons. The standard InChI is InChI=1S/C13H20BrN3/c1-17-6-5-15-9-13(17)10-16-8-11-3-2-4-12(14)7-11/h2-4,7,13,15-16H,5-6,8-10H2,1H3. The van der Waals surface area contributed by atoms with Gasteiger partial charge in [-0.2, -0.15) is 0 Å². The largest absolute Gasteiger partial charge is 0.314 e. The lowest BCUT2D eigenvalue weighted by Crippen LogP contribution is -2.53. The summed E-state index contributed by atoms with van der Waals surface area (Å²) in [6.45, 7) is 5.31. The van der Waals surface area contributed by atoms with Crippen molar-refractivity contribution in [2.45, 2.75) is 12.6 Å². The van der Waals surface area contributed by atoms with Gasteiger partial charge in [0.25, 0.3) is 0 Å². The van der Waals surface area contributed by atoms with Crippen molar-refractivity contribution in [3.05, 3.63) is 34.3 Å². The average molecular weight is 298 g/mol. The molecule has 0 bridgehead atoms. The van der Waals surface area contributed by atoms with Crippen molar-refractivity contribution in [1.29, 1.82) is 0 Å². The summed E-state index contributed by atoms with van der Waals surface area (Å²) < 4.78 is 1.15. The van der Waals surface area contributed by atoms with Crippen LogP contribution in [0, 0.1) is 0 Å². The van der Waals surface area contributed by atoms with Crippen LogP contribution in [0.25, 0.3) is 0 Å². The van der Waals surface area contributed by atoms with E-state index in [0.717, 1.165) is 37.2 Å². The summed E-state index contributed by atoms with van der Waals surface area (Å²) in [5, 5.41) is 6.96. The molecule has 0 spiro atoms. The first-order valence-electron chi connectivity index (χ1n) is 6.12. The van der Waals surface area contributed by atoms with Gasteiger partial charge in [0.15, 0.2) is 0 Å². The van der Waals surface area contributed by atoms with Crippen molar-refractivity contribution >= 4 is 15.9 Å². The van der Waals surface area contributed by atoms with Crippen LogP contribution in [-0.2, 0) is 6.54 Å². The fourth-order valence-electron chi connectivity index (χ4n) is 2.12. The number of piperazine rings is 1. The van der Waals surface area contributed by atoms with E-state index in [1.165, 1.54) is 5.56 Å². The van der Waals surface area contributed by atoms with Gasteiger partial charge in [-0.15, -0.1) is 0 Å². The van der Waals surface area contributed by atoms with Gasteiger partial charge >= 0.3 is 0 Å². The van der Waals surface area contributed by atoms with E-state index in [1.54, 1.807) is 0 Å². The Kier molecular flexibility index (Phi) is 4.98. The van der Waals surface area contributed by atoms with Crippen LogP contribution in [0.2, 0.25) is 0 Å². The van der Waals surface area contributed by atoms with Crippen molar-refractivity contribution in [2.75, 3.05) is 33.2 Å². The van der Waals surface area contributed by atoms with Crippen LogP contribution in [0.4, 0.5) is 0 Å². The fraction of sp³-hybridized carbons (Fsp3) is 0.538. The predicted octanol–water partition coefficient (Wildman–Crippen LogP) is 1.44. The lowest BCUT2D eigenvalue weighted by Gasteiger charge is -2.33. The van der Waals surface area contributed by atoms with Gasteiger partial charge in [-0.1, -0.05) is 28.1 Å². The second kappa shape index (κ2) is 6.50. The van der Waals surface area contributed by atoms with E-state index in [1.807, 2.05) is 0 Å². The van der Waals surface area contributed by atoms with Crippen LogP contribution in [0.5, 0.6) is 0 Å². The van der Waals surface area contributed by atoms with Crippen LogP contribution < -0.4 is 10.6 Å². The van der Waals surface area contributed by atoms with Gasteiger partial charge in [0, 0.05) is 43.2 Å². The van der Waals surface area contributed by atoms with Crippen molar-refractivity contribution in [3.63, 3.8) is 0 Å². The minimum absolute atomic E-state index is 0.607. The molecule has 1 aliphatic heterocycles. The summed E-state index contributed by atoms with van der Waals surface area (Å²) in [6.07, 6.45) is 0. The Balaban J connectivity index is 1.75. The molecule has 1 aromatic carbocycles. The third kappa shape index (κ3) is 4.07. The molecule has 1 fully saturated rings. The summed E-state index contributed by atoms with van der Waals surface area (Å²) in [7, 11) is 2.20. The number of likely N-dealkylation sites (N-methyl/N-ethyl adjacent to an activating group) is 1. The molecule has 0 aliphatic carbocycles. The Hall–Kier alpha value is -0.420. The topological polar surface area (TPSA) is 27.3 Å². The highest BCUT2D eigenvalue weighted by Gasteiger charge is 2.17. The monoisotopic (exact) mass is 297 g/mol. The molecule has 1 atom stereocenters. The molecule has 17 heavy (non-hydrogen) atoms. The number of rotatable bonds is 4. The van der Waals surface area contributed by atoms with Gasteiger partial charge in [-0.3, -0.25) is 4.90 Å². The molecular weight excluding hydrogens is 278 g/mol. The maximum atomic E-state index is 3.53. The molecule has 1 saturated heterocycles. The van der Waals surface area contributed by atoms with Gasteiger partial charge < -0.3 is 10.6 Å². The summed E-state index contributed by atoms with van der Waals surface area (Å²) in [4.78, 5) is 2.42. The van der Waals surface area contributed by atoms with Crippen LogP contribution in [-0.4, -0.2) is 44.2 Å². The first kappa shape index (κ1) is 13.0. The molecule has 1 aliphatic rings. The molecular formula is C13H20BrN3. The highest BCUT2D eigenvalue weighted by atomic mass is 79.9. The summed E-state index contributed by atoms with van der Waals surface area (Å²) in [6, 6.07) is 9.06. The van der Waals surface area contributed by atoms with E-state index >= 15 is 0 Å². The zero-order chi connectivity index (χ0) is 12.1. The lowest BCUT2D eigenvalue weighted by atomic mass is 10.2. The van der Waals surface area contributed by atoms with Gasteiger partial charge in [0.1, 0.15) is 0 Å². The van der Waals surface area contributed by atoms with Gasteiger partial charge in [-0.25, -0.2) is 0 Å². The molecule has 0 aromatic heterocycles. The first-order chi connectivity index (χ1) is 8.25. The molecule has 1 unspecified atom stereocenters. The maximum Gasteiger partial charge on any atom is 0.0342 e.